The van der Waals surface area contributed by atoms with Gasteiger partial charge in [-0.15, -0.1) is 11.3 Å². The van der Waals surface area contributed by atoms with Crippen LogP contribution in [0.25, 0.3) is 21.7 Å². The number of carbonyl (C=O) groups is 1. The summed E-state index contributed by atoms with van der Waals surface area (Å²) in [6, 6.07) is 10.7. The van der Waals surface area contributed by atoms with Crippen molar-refractivity contribution >= 4 is 28.3 Å². The lowest BCUT2D eigenvalue weighted by Crippen LogP contribution is -2.08. The molecule has 0 radical (unpaired) electrons. The van der Waals surface area contributed by atoms with Crippen molar-refractivity contribution in [1.82, 2.24) is 9.97 Å². The van der Waals surface area contributed by atoms with Crippen LogP contribution in [0.15, 0.2) is 51.8 Å². The summed E-state index contributed by atoms with van der Waals surface area (Å²) >= 11 is 1.24. The normalized spacial score (nSPS) is 11.0. The van der Waals surface area contributed by atoms with E-state index in [1.807, 2.05) is 44.2 Å². The van der Waals surface area contributed by atoms with E-state index in [2.05, 4.69) is 9.97 Å². The number of esters is 1. The quantitative estimate of drug-likeness (QED) is 0.364. The molecule has 0 aliphatic carbocycles. The number of fused-ring (bicyclic) bond motifs is 1. The van der Waals surface area contributed by atoms with E-state index in [0.29, 0.717) is 32.4 Å². The predicted molar refractivity (Wildman–Crippen MR) is 111 cm³/mol. The number of aromatic nitrogens is 2. The maximum Gasteiger partial charge on any atom is 0.350 e. The van der Waals surface area contributed by atoms with Gasteiger partial charge in [-0.25, -0.2) is 14.6 Å². The van der Waals surface area contributed by atoms with E-state index in [1.54, 1.807) is 13.1 Å². The molecule has 0 amide bonds. The molecular weight excluding hydrogens is 388 g/mol. The number of hydrogen-bond donors (Lipinski definition) is 0. The Labute approximate surface area is 170 Å². The summed E-state index contributed by atoms with van der Waals surface area (Å²) < 4.78 is 10.8. The van der Waals surface area contributed by atoms with Crippen LogP contribution in [-0.2, 0) is 11.3 Å². The minimum Gasteiger partial charge on any atom is -0.457 e. The number of nitrogens with zero attached hydrogens (tertiary/aromatic N) is 2. The van der Waals surface area contributed by atoms with Crippen LogP contribution in [0.4, 0.5) is 0 Å². The molecule has 7 heteroatoms. The lowest BCUT2D eigenvalue weighted by molar-refractivity contribution is 0.0478. The van der Waals surface area contributed by atoms with Crippen molar-refractivity contribution in [2.75, 3.05) is 0 Å². The van der Waals surface area contributed by atoms with E-state index in [4.69, 9.17) is 9.15 Å². The molecule has 0 aliphatic heterocycles. The van der Waals surface area contributed by atoms with Crippen LogP contribution in [0.2, 0.25) is 0 Å². The van der Waals surface area contributed by atoms with E-state index in [0.717, 1.165) is 16.5 Å². The number of rotatable bonds is 4. The third-order valence-electron chi connectivity index (χ3n) is 4.67. The van der Waals surface area contributed by atoms with Crippen LogP contribution in [0.3, 0.4) is 0 Å². The van der Waals surface area contributed by atoms with Crippen molar-refractivity contribution in [3.8, 4) is 10.7 Å². The Morgan fingerprint density at radius 2 is 1.93 bits per heavy atom. The van der Waals surface area contributed by atoms with E-state index in [9.17, 15) is 9.59 Å². The Balaban J connectivity index is 1.60. The Bertz CT molecular complexity index is 1280. The van der Waals surface area contributed by atoms with Gasteiger partial charge < -0.3 is 9.15 Å². The summed E-state index contributed by atoms with van der Waals surface area (Å²) in [7, 11) is 0. The zero-order valence-corrected chi connectivity index (χ0v) is 17.0. The average Bonchev–Trinajstić information content (AvgIpc) is 3.10. The Kier molecular flexibility index (Phi) is 4.98. The smallest absolute Gasteiger partial charge is 0.350 e. The SMILES string of the molecule is Cc1cc2oc(=O)cc(COC(=O)c3sc(-c4ccccn4)nc3C)c2cc1C. The summed E-state index contributed by atoms with van der Waals surface area (Å²) in [4.78, 5) is 33.7. The summed E-state index contributed by atoms with van der Waals surface area (Å²) in [6.07, 6.45) is 1.68. The maximum absolute atomic E-state index is 12.7. The molecule has 0 saturated heterocycles. The average molecular weight is 406 g/mol. The zero-order valence-electron chi connectivity index (χ0n) is 16.2. The summed E-state index contributed by atoms with van der Waals surface area (Å²) in [5.41, 5.74) is 4.01. The van der Waals surface area contributed by atoms with E-state index >= 15 is 0 Å². The number of pyridine rings is 1. The molecule has 0 N–H and O–H groups in total. The molecular formula is C22H18N2O4S. The lowest BCUT2D eigenvalue weighted by atomic mass is 10.0. The fourth-order valence-corrected chi connectivity index (χ4v) is 3.93. The van der Waals surface area contributed by atoms with Gasteiger partial charge in [-0.3, -0.25) is 4.98 Å². The van der Waals surface area contributed by atoms with E-state index in [-0.39, 0.29) is 6.61 Å². The van der Waals surface area contributed by atoms with Crippen molar-refractivity contribution in [3.63, 3.8) is 0 Å². The standard InChI is InChI=1S/C22H18N2O4S/c1-12-8-16-15(10-19(25)28-18(16)9-13(12)2)11-27-22(26)20-14(3)24-21(29-20)17-6-4-5-7-23-17/h4-10H,11H2,1-3H3. The molecule has 6 nitrogen and oxygen atoms in total. The summed E-state index contributed by atoms with van der Waals surface area (Å²) in [6.45, 7) is 5.67. The fraction of sp³-hybridized carbons (Fsp3) is 0.182. The van der Waals surface area contributed by atoms with Gasteiger partial charge in [0.2, 0.25) is 0 Å². The first-order valence-corrected chi connectivity index (χ1v) is 9.84. The van der Waals surface area contributed by atoms with E-state index < -0.39 is 11.6 Å². The highest BCUT2D eigenvalue weighted by molar-refractivity contribution is 7.17. The third kappa shape index (κ3) is 3.82. The van der Waals surface area contributed by atoms with Gasteiger partial charge in [0.05, 0.1) is 11.4 Å². The number of hydrogen-bond acceptors (Lipinski definition) is 7. The second-order valence-corrected chi connectivity index (χ2v) is 7.75. The van der Waals surface area contributed by atoms with Crippen LogP contribution in [0, 0.1) is 20.8 Å². The van der Waals surface area contributed by atoms with Crippen molar-refractivity contribution in [1.29, 1.82) is 0 Å². The number of carbonyl (C=O) groups excluding carboxylic acids is 1. The minimum absolute atomic E-state index is 0.0281. The summed E-state index contributed by atoms with van der Waals surface area (Å²) in [5.74, 6) is -0.479. The van der Waals surface area contributed by atoms with Gasteiger partial charge in [0.15, 0.2) is 0 Å². The van der Waals surface area contributed by atoms with Crippen molar-refractivity contribution in [2.45, 2.75) is 27.4 Å². The van der Waals surface area contributed by atoms with Crippen molar-refractivity contribution < 1.29 is 13.9 Å². The third-order valence-corrected chi connectivity index (χ3v) is 5.83. The van der Waals surface area contributed by atoms with Crippen LogP contribution < -0.4 is 5.63 Å². The van der Waals surface area contributed by atoms with Gasteiger partial charge in [-0.1, -0.05) is 6.07 Å². The second-order valence-electron chi connectivity index (χ2n) is 6.75. The first kappa shape index (κ1) is 19.0. The van der Waals surface area contributed by atoms with Crippen molar-refractivity contribution in [2.24, 2.45) is 0 Å². The number of benzene rings is 1. The molecule has 0 aliphatic rings. The van der Waals surface area contributed by atoms with Gasteiger partial charge in [0, 0.05) is 23.2 Å². The van der Waals surface area contributed by atoms with Crippen molar-refractivity contribution in [3.05, 3.63) is 80.3 Å². The predicted octanol–water partition coefficient (Wildman–Crippen LogP) is 4.59. The molecule has 0 unspecified atom stereocenters. The van der Waals surface area contributed by atoms with Gasteiger partial charge in [0.25, 0.3) is 0 Å². The highest BCUT2D eigenvalue weighted by Gasteiger charge is 2.19. The first-order valence-electron chi connectivity index (χ1n) is 9.02. The fourth-order valence-electron chi connectivity index (χ4n) is 3.00. The molecule has 0 spiro atoms. The molecule has 1 aromatic carbocycles. The monoisotopic (exact) mass is 406 g/mol. The van der Waals surface area contributed by atoms with Gasteiger partial charge in [0.1, 0.15) is 22.1 Å². The molecule has 0 bridgehead atoms. The molecule has 4 aromatic rings. The highest BCUT2D eigenvalue weighted by Crippen LogP contribution is 2.28. The van der Waals surface area contributed by atoms with Gasteiger partial charge in [-0.05, 0) is 56.2 Å². The van der Waals surface area contributed by atoms with E-state index in [1.165, 1.54) is 17.4 Å². The Morgan fingerprint density at radius 1 is 1.14 bits per heavy atom. The summed E-state index contributed by atoms with van der Waals surface area (Å²) in [5, 5.41) is 1.42. The zero-order chi connectivity index (χ0) is 20.5. The van der Waals surface area contributed by atoms with Crippen LogP contribution >= 0.6 is 11.3 Å². The molecule has 146 valence electrons. The molecule has 29 heavy (non-hydrogen) atoms. The van der Waals surface area contributed by atoms with Crippen LogP contribution in [0.1, 0.15) is 32.1 Å². The maximum atomic E-state index is 12.7. The van der Waals surface area contributed by atoms with Gasteiger partial charge >= 0.3 is 11.6 Å². The molecule has 0 atom stereocenters. The minimum atomic E-state index is -0.479. The van der Waals surface area contributed by atoms with Crippen LogP contribution in [-0.4, -0.2) is 15.9 Å². The molecule has 3 heterocycles. The Hall–Kier alpha value is -3.32. The molecule has 4 rings (SSSR count). The number of thiazole rings is 1. The second kappa shape index (κ2) is 7.60. The van der Waals surface area contributed by atoms with Gasteiger partial charge in [-0.2, -0.15) is 0 Å². The number of aryl methyl sites for hydroxylation is 3. The topological polar surface area (TPSA) is 82.3 Å². The van der Waals surface area contributed by atoms with Crippen LogP contribution in [0.5, 0.6) is 0 Å². The first-order chi connectivity index (χ1) is 13.9. The number of ether oxygens (including phenoxy) is 1. The lowest BCUT2D eigenvalue weighted by Gasteiger charge is -2.09. The highest BCUT2D eigenvalue weighted by atomic mass is 32.1. The Morgan fingerprint density at radius 3 is 2.69 bits per heavy atom. The molecule has 0 fully saturated rings. The molecule has 0 saturated carbocycles. The molecule has 3 aromatic heterocycles. The largest absolute Gasteiger partial charge is 0.457 e.